The molecule has 0 saturated carbocycles. The number of amides is 1. The van der Waals surface area contributed by atoms with Gasteiger partial charge in [-0.2, -0.15) is 0 Å². The zero-order valence-electron chi connectivity index (χ0n) is 13.4. The van der Waals surface area contributed by atoms with Gasteiger partial charge in [-0.25, -0.2) is 0 Å². The molecule has 1 aromatic heterocycles. The summed E-state index contributed by atoms with van der Waals surface area (Å²) in [4.78, 5) is 17.0. The van der Waals surface area contributed by atoms with Crippen LogP contribution < -0.4 is 5.32 Å². The van der Waals surface area contributed by atoms with Crippen molar-refractivity contribution in [2.45, 2.75) is 53.8 Å². The Labute approximate surface area is 126 Å². The minimum absolute atomic E-state index is 0.0363. The predicted octanol–water partition coefficient (Wildman–Crippen LogP) is 3.56. The van der Waals surface area contributed by atoms with Gasteiger partial charge < -0.3 is 4.90 Å². The molecule has 1 aliphatic heterocycles. The van der Waals surface area contributed by atoms with Gasteiger partial charge in [0, 0.05) is 16.3 Å². The molecule has 112 valence electrons. The lowest BCUT2D eigenvalue weighted by atomic mass is 9.80. The molecule has 3 nitrogen and oxygen atoms in total. The molecule has 0 radical (unpaired) electrons. The normalized spacial score (nSPS) is 23.9. The first kappa shape index (κ1) is 15.5. The second-order valence-corrected chi connectivity index (χ2v) is 8.17. The van der Waals surface area contributed by atoms with E-state index < -0.39 is 0 Å². The van der Waals surface area contributed by atoms with E-state index in [1.54, 1.807) is 11.3 Å². The quantitative estimate of drug-likeness (QED) is 0.921. The van der Waals surface area contributed by atoms with Gasteiger partial charge in [-0.3, -0.25) is 10.1 Å². The molecule has 4 heteroatoms. The summed E-state index contributed by atoms with van der Waals surface area (Å²) in [5.74, 6) is 0.756. The van der Waals surface area contributed by atoms with Gasteiger partial charge in [0.05, 0.1) is 6.04 Å². The summed E-state index contributed by atoms with van der Waals surface area (Å²) in [7, 11) is 0. The highest BCUT2D eigenvalue weighted by Gasteiger charge is 2.40. The van der Waals surface area contributed by atoms with Crippen molar-refractivity contribution >= 4 is 17.2 Å². The number of carbonyl (C=O) groups is 1. The minimum Gasteiger partial charge on any atom is -0.320 e. The van der Waals surface area contributed by atoms with Crippen LogP contribution in [-0.2, 0) is 4.79 Å². The molecule has 0 bridgehead atoms. The summed E-state index contributed by atoms with van der Waals surface area (Å²) in [6, 6.07) is 4.17. The van der Waals surface area contributed by atoms with E-state index in [-0.39, 0.29) is 23.5 Å². The first-order valence-corrected chi connectivity index (χ1v) is 8.17. The van der Waals surface area contributed by atoms with Crippen LogP contribution >= 0.6 is 11.3 Å². The smallest absolute Gasteiger partial charge is 0.241 e. The lowest BCUT2D eigenvalue weighted by Crippen LogP contribution is -2.40. The molecule has 0 aliphatic carbocycles. The molecule has 2 atom stereocenters. The summed E-state index contributed by atoms with van der Waals surface area (Å²) in [5.41, 5.74) is 0.117. The van der Waals surface area contributed by atoms with Gasteiger partial charge >= 0.3 is 0 Å². The number of thiophene rings is 1. The predicted molar refractivity (Wildman–Crippen MR) is 84.7 cm³/mol. The third-order valence-electron chi connectivity index (χ3n) is 4.54. The van der Waals surface area contributed by atoms with E-state index in [9.17, 15) is 4.79 Å². The molecule has 1 saturated heterocycles. The second-order valence-electron chi connectivity index (χ2n) is 6.85. The van der Waals surface area contributed by atoms with Crippen LogP contribution in [0.5, 0.6) is 0 Å². The standard InChI is InChI=1S/C16H26N2OS/c1-10(2)16(5,6)9-18-14(17-12(4)15(18)19)13-8-7-11(3)20-13/h7-8,10,12,14,17H,9H2,1-6H3. The van der Waals surface area contributed by atoms with Gasteiger partial charge in [-0.1, -0.05) is 27.7 Å². The first-order chi connectivity index (χ1) is 9.22. The number of hydrogen-bond acceptors (Lipinski definition) is 3. The van der Waals surface area contributed by atoms with Crippen molar-refractivity contribution in [1.29, 1.82) is 0 Å². The van der Waals surface area contributed by atoms with Crippen LogP contribution in [-0.4, -0.2) is 23.4 Å². The van der Waals surface area contributed by atoms with Crippen molar-refractivity contribution in [3.8, 4) is 0 Å². The molecule has 1 aliphatic rings. The molecule has 1 fully saturated rings. The summed E-state index contributed by atoms with van der Waals surface area (Å²) < 4.78 is 0. The van der Waals surface area contributed by atoms with Gasteiger partial charge in [0.2, 0.25) is 5.91 Å². The lowest BCUT2D eigenvalue weighted by Gasteiger charge is -2.36. The molecule has 0 spiro atoms. The highest BCUT2D eigenvalue weighted by atomic mass is 32.1. The Balaban J connectivity index is 2.25. The molecule has 0 aromatic carbocycles. The van der Waals surface area contributed by atoms with E-state index in [1.807, 2.05) is 11.8 Å². The van der Waals surface area contributed by atoms with E-state index in [1.165, 1.54) is 9.75 Å². The number of rotatable bonds is 4. The minimum atomic E-state index is -0.0923. The Morgan fingerprint density at radius 3 is 2.55 bits per heavy atom. The molecule has 2 heterocycles. The fraction of sp³-hybridized carbons (Fsp3) is 0.688. The zero-order valence-corrected chi connectivity index (χ0v) is 14.2. The SMILES string of the molecule is Cc1ccc(C2NC(C)C(=O)N2CC(C)(C)C(C)C)s1. The van der Waals surface area contributed by atoms with Gasteiger partial charge in [-0.05, 0) is 37.3 Å². The van der Waals surface area contributed by atoms with Crippen LogP contribution in [0.25, 0.3) is 0 Å². The average Bonchev–Trinajstić information content (AvgIpc) is 2.88. The van der Waals surface area contributed by atoms with Gasteiger partial charge in [-0.15, -0.1) is 11.3 Å². The topological polar surface area (TPSA) is 32.3 Å². The Kier molecular flexibility index (Phi) is 4.26. The maximum atomic E-state index is 12.5. The fourth-order valence-corrected chi connectivity index (χ4v) is 3.35. The van der Waals surface area contributed by atoms with Crippen LogP contribution in [0.2, 0.25) is 0 Å². The highest BCUT2D eigenvalue weighted by molar-refractivity contribution is 7.12. The van der Waals surface area contributed by atoms with Crippen LogP contribution in [0.3, 0.4) is 0 Å². The molecule has 2 unspecified atom stereocenters. The third kappa shape index (κ3) is 2.91. The molecule has 20 heavy (non-hydrogen) atoms. The Hall–Kier alpha value is -0.870. The monoisotopic (exact) mass is 294 g/mol. The van der Waals surface area contributed by atoms with Crippen LogP contribution in [0.15, 0.2) is 12.1 Å². The van der Waals surface area contributed by atoms with Crippen LogP contribution in [0.4, 0.5) is 0 Å². The van der Waals surface area contributed by atoms with E-state index >= 15 is 0 Å². The fourth-order valence-electron chi connectivity index (χ4n) is 2.40. The first-order valence-electron chi connectivity index (χ1n) is 7.35. The summed E-state index contributed by atoms with van der Waals surface area (Å²) in [6.45, 7) is 13.8. The number of nitrogens with one attached hydrogen (secondary N) is 1. The Morgan fingerprint density at radius 2 is 2.05 bits per heavy atom. The van der Waals surface area contributed by atoms with Crippen molar-refractivity contribution in [3.63, 3.8) is 0 Å². The lowest BCUT2D eigenvalue weighted by molar-refractivity contribution is -0.131. The Morgan fingerprint density at radius 1 is 1.40 bits per heavy atom. The number of carbonyl (C=O) groups excluding carboxylic acids is 1. The number of hydrogen-bond donors (Lipinski definition) is 1. The molecular weight excluding hydrogens is 268 g/mol. The Bertz CT molecular complexity index is 492. The van der Waals surface area contributed by atoms with Crippen molar-refractivity contribution < 1.29 is 4.79 Å². The average molecular weight is 294 g/mol. The zero-order chi connectivity index (χ0) is 15.1. The van der Waals surface area contributed by atoms with Gasteiger partial charge in [0.25, 0.3) is 0 Å². The van der Waals surface area contributed by atoms with Crippen molar-refractivity contribution in [1.82, 2.24) is 10.2 Å². The molecule has 1 N–H and O–H groups in total. The van der Waals surface area contributed by atoms with Crippen molar-refractivity contribution in [2.75, 3.05) is 6.54 Å². The van der Waals surface area contributed by atoms with E-state index in [0.717, 1.165) is 6.54 Å². The van der Waals surface area contributed by atoms with E-state index in [2.05, 4.69) is 52.1 Å². The van der Waals surface area contributed by atoms with E-state index in [4.69, 9.17) is 0 Å². The summed E-state index contributed by atoms with van der Waals surface area (Å²) in [5, 5.41) is 3.43. The molecule has 2 rings (SSSR count). The maximum absolute atomic E-state index is 12.5. The van der Waals surface area contributed by atoms with Gasteiger partial charge in [0.1, 0.15) is 6.17 Å². The summed E-state index contributed by atoms with van der Waals surface area (Å²) in [6.07, 6.45) is 0.0363. The summed E-state index contributed by atoms with van der Waals surface area (Å²) >= 11 is 1.77. The largest absolute Gasteiger partial charge is 0.320 e. The van der Waals surface area contributed by atoms with E-state index in [0.29, 0.717) is 5.92 Å². The van der Waals surface area contributed by atoms with Crippen LogP contribution in [0, 0.1) is 18.3 Å². The van der Waals surface area contributed by atoms with Crippen LogP contribution in [0.1, 0.15) is 50.5 Å². The number of aryl methyl sites for hydroxylation is 1. The maximum Gasteiger partial charge on any atom is 0.241 e. The third-order valence-corrected chi connectivity index (χ3v) is 5.60. The van der Waals surface area contributed by atoms with Gasteiger partial charge in [0.15, 0.2) is 0 Å². The second kappa shape index (κ2) is 5.49. The van der Waals surface area contributed by atoms with Crippen molar-refractivity contribution in [2.24, 2.45) is 11.3 Å². The molecule has 1 amide bonds. The molecule has 1 aromatic rings. The van der Waals surface area contributed by atoms with Crippen molar-refractivity contribution in [3.05, 3.63) is 21.9 Å². The number of nitrogens with zero attached hydrogens (tertiary/aromatic N) is 1. The molecular formula is C16H26N2OS. The highest BCUT2D eigenvalue weighted by Crippen LogP contribution is 2.35.